The average molecular weight is 441 g/mol. The van der Waals surface area contributed by atoms with Crippen LogP contribution in [-0.4, -0.2) is 31.6 Å². The van der Waals surface area contributed by atoms with Gasteiger partial charge in [-0.05, 0) is 62.7 Å². The van der Waals surface area contributed by atoms with Crippen molar-refractivity contribution in [1.29, 1.82) is 0 Å². The minimum absolute atomic E-state index is 0.183. The van der Waals surface area contributed by atoms with Crippen molar-refractivity contribution >= 4 is 17.5 Å². The number of nitrogens with zero attached hydrogens (tertiary/aromatic N) is 4. The molecule has 8 nitrogen and oxygen atoms in total. The standard InChI is InChI=1S/C25H24N6O2/c1-16-4-9-22(17(2)12-16)25(33)30-20-13-28-31(14-20)21-7-5-19(6-8-21)24(32)29-18(3)23-10-11-26-15-27-23/h4-15,18H,1-3H3,(H,29,32)(H,30,33). The van der Waals surface area contributed by atoms with Crippen LogP contribution >= 0.6 is 0 Å². The Labute approximate surface area is 191 Å². The third-order valence-corrected chi connectivity index (χ3v) is 5.26. The number of amides is 2. The maximum atomic E-state index is 12.6. The molecule has 0 radical (unpaired) electrons. The molecule has 0 aliphatic rings. The van der Waals surface area contributed by atoms with Crippen molar-refractivity contribution in [3.8, 4) is 5.69 Å². The summed E-state index contributed by atoms with van der Waals surface area (Å²) in [7, 11) is 0. The molecule has 0 saturated carbocycles. The molecule has 0 aliphatic carbocycles. The first-order chi connectivity index (χ1) is 15.9. The second-order valence-electron chi connectivity index (χ2n) is 7.82. The van der Waals surface area contributed by atoms with E-state index in [1.807, 2.05) is 39.0 Å². The van der Waals surface area contributed by atoms with Gasteiger partial charge in [0, 0.05) is 17.3 Å². The molecule has 33 heavy (non-hydrogen) atoms. The van der Waals surface area contributed by atoms with Gasteiger partial charge >= 0.3 is 0 Å². The van der Waals surface area contributed by atoms with Crippen molar-refractivity contribution in [1.82, 2.24) is 25.1 Å². The van der Waals surface area contributed by atoms with Gasteiger partial charge in [0.2, 0.25) is 0 Å². The zero-order valence-electron chi connectivity index (χ0n) is 18.6. The molecule has 166 valence electrons. The Morgan fingerprint density at radius 3 is 2.48 bits per heavy atom. The van der Waals surface area contributed by atoms with E-state index in [-0.39, 0.29) is 17.9 Å². The van der Waals surface area contributed by atoms with E-state index in [4.69, 9.17) is 0 Å². The summed E-state index contributed by atoms with van der Waals surface area (Å²) in [5.74, 6) is -0.383. The van der Waals surface area contributed by atoms with E-state index in [9.17, 15) is 9.59 Å². The molecule has 1 unspecified atom stereocenters. The molecule has 2 aromatic carbocycles. The number of carbonyl (C=O) groups excluding carboxylic acids is 2. The third kappa shape index (κ3) is 5.12. The van der Waals surface area contributed by atoms with E-state index >= 15 is 0 Å². The zero-order chi connectivity index (χ0) is 23.4. The molecular weight excluding hydrogens is 416 g/mol. The maximum Gasteiger partial charge on any atom is 0.256 e. The summed E-state index contributed by atoms with van der Waals surface area (Å²) in [5.41, 5.74) is 5.26. The number of rotatable bonds is 6. The molecule has 2 N–H and O–H groups in total. The van der Waals surface area contributed by atoms with Gasteiger partial charge in [-0.3, -0.25) is 9.59 Å². The average Bonchev–Trinajstić information content (AvgIpc) is 3.28. The van der Waals surface area contributed by atoms with Crippen LogP contribution in [0.1, 0.15) is 50.5 Å². The summed E-state index contributed by atoms with van der Waals surface area (Å²) in [6.07, 6.45) is 6.41. The van der Waals surface area contributed by atoms with Gasteiger partial charge < -0.3 is 10.6 Å². The number of anilines is 1. The van der Waals surface area contributed by atoms with Gasteiger partial charge in [-0.1, -0.05) is 17.7 Å². The van der Waals surface area contributed by atoms with E-state index in [0.29, 0.717) is 16.8 Å². The van der Waals surface area contributed by atoms with Gasteiger partial charge in [0.25, 0.3) is 11.8 Å². The number of hydrogen-bond donors (Lipinski definition) is 2. The molecule has 0 aliphatic heterocycles. The Kier molecular flexibility index (Phi) is 6.26. The molecule has 4 aromatic rings. The third-order valence-electron chi connectivity index (χ3n) is 5.26. The van der Waals surface area contributed by atoms with Gasteiger partial charge in [0.15, 0.2) is 0 Å². The fraction of sp³-hybridized carbons (Fsp3) is 0.160. The van der Waals surface area contributed by atoms with Crippen molar-refractivity contribution in [2.24, 2.45) is 0 Å². The number of nitrogens with one attached hydrogen (secondary N) is 2. The van der Waals surface area contributed by atoms with Gasteiger partial charge in [-0.2, -0.15) is 5.10 Å². The minimum Gasteiger partial charge on any atom is -0.344 e. The van der Waals surface area contributed by atoms with Crippen LogP contribution < -0.4 is 10.6 Å². The molecule has 1 atom stereocenters. The van der Waals surface area contributed by atoms with Crippen molar-refractivity contribution in [2.45, 2.75) is 26.8 Å². The number of benzene rings is 2. The molecule has 2 heterocycles. The Bertz CT molecular complexity index is 1280. The van der Waals surface area contributed by atoms with E-state index in [1.54, 1.807) is 53.6 Å². The lowest BCUT2D eigenvalue weighted by molar-refractivity contribution is 0.0938. The quantitative estimate of drug-likeness (QED) is 0.471. The van der Waals surface area contributed by atoms with Crippen molar-refractivity contribution in [3.63, 3.8) is 0 Å². The van der Waals surface area contributed by atoms with Crippen LogP contribution in [0, 0.1) is 13.8 Å². The molecule has 2 aromatic heterocycles. The molecule has 0 spiro atoms. The lowest BCUT2D eigenvalue weighted by Gasteiger charge is -2.13. The highest BCUT2D eigenvalue weighted by Crippen LogP contribution is 2.17. The second kappa shape index (κ2) is 9.44. The van der Waals surface area contributed by atoms with Gasteiger partial charge in [0.1, 0.15) is 6.33 Å². The van der Waals surface area contributed by atoms with E-state index in [2.05, 4.69) is 25.7 Å². The summed E-state index contributed by atoms with van der Waals surface area (Å²) in [6.45, 7) is 5.77. The van der Waals surface area contributed by atoms with Crippen molar-refractivity contribution in [3.05, 3.63) is 101 Å². The van der Waals surface area contributed by atoms with Crippen molar-refractivity contribution < 1.29 is 9.59 Å². The van der Waals surface area contributed by atoms with Crippen LogP contribution in [-0.2, 0) is 0 Å². The van der Waals surface area contributed by atoms with Crippen LogP contribution in [0.3, 0.4) is 0 Å². The normalized spacial score (nSPS) is 11.6. The molecule has 2 amide bonds. The van der Waals surface area contributed by atoms with Crippen LogP contribution in [0.5, 0.6) is 0 Å². The van der Waals surface area contributed by atoms with Crippen LogP contribution in [0.4, 0.5) is 5.69 Å². The summed E-state index contributed by atoms with van der Waals surface area (Å²) in [4.78, 5) is 33.2. The summed E-state index contributed by atoms with van der Waals surface area (Å²) < 4.78 is 1.64. The first-order valence-corrected chi connectivity index (χ1v) is 10.5. The van der Waals surface area contributed by atoms with Gasteiger partial charge in [0.05, 0.1) is 35.5 Å². The molecule has 0 bridgehead atoms. The van der Waals surface area contributed by atoms with Crippen LogP contribution in [0.15, 0.2) is 73.4 Å². The Hall–Kier alpha value is -4.33. The van der Waals surface area contributed by atoms with Crippen LogP contribution in [0.25, 0.3) is 5.69 Å². The molecular formula is C25H24N6O2. The Balaban J connectivity index is 1.41. The van der Waals surface area contributed by atoms with E-state index < -0.39 is 0 Å². The van der Waals surface area contributed by atoms with Gasteiger partial charge in [-0.15, -0.1) is 0 Å². The summed E-state index contributed by atoms with van der Waals surface area (Å²) >= 11 is 0. The van der Waals surface area contributed by atoms with Gasteiger partial charge in [-0.25, -0.2) is 14.6 Å². The molecule has 0 saturated heterocycles. The molecule has 8 heteroatoms. The second-order valence-corrected chi connectivity index (χ2v) is 7.82. The summed E-state index contributed by atoms with van der Waals surface area (Å²) in [6, 6.07) is 14.3. The first-order valence-electron chi connectivity index (χ1n) is 10.5. The van der Waals surface area contributed by atoms with Crippen molar-refractivity contribution in [2.75, 3.05) is 5.32 Å². The first kappa shape index (κ1) is 21.9. The van der Waals surface area contributed by atoms with E-state index in [0.717, 1.165) is 22.5 Å². The largest absolute Gasteiger partial charge is 0.344 e. The topological polar surface area (TPSA) is 102 Å². The smallest absolute Gasteiger partial charge is 0.256 e. The Morgan fingerprint density at radius 1 is 1.00 bits per heavy atom. The highest BCUT2D eigenvalue weighted by atomic mass is 16.2. The predicted molar refractivity (Wildman–Crippen MR) is 125 cm³/mol. The fourth-order valence-electron chi connectivity index (χ4n) is 3.47. The lowest BCUT2D eigenvalue weighted by atomic mass is 10.1. The molecule has 0 fully saturated rings. The van der Waals surface area contributed by atoms with E-state index in [1.165, 1.54) is 6.33 Å². The number of aromatic nitrogens is 4. The predicted octanol–water partition coefficient (Wildman–Crippen LogP) is 4.02. The Morgan fingerprint density at radius 2 is 1.79 bits per heavy atom. The number of carbonyl (C=O) groups is 2. The fourth-order valence-corrected chi connectivity index (χ4v) is 3.47. The minimum atomic E-state index is -0.241. The maximum absolute atomic E-state index is 12.6. The highest BCUT2D eigenvalue weighted by Gasteiger charge is 2.13. The van der Waals surface area contributed by atoms with Crippen LogP contribution in [0.2, 0.25) is 0 Å². The lowest BCUT2D eigenvalue weighted by Crippen LogP contribution is -2.27. The molecule has 4 rings (SSSR count). The SMILES string of the molecule is Cc1ccc(C(=O)Nc2cnn(-c3ccc(C(=O)NC(C)c4ccncn4)cc3)c2)c(C)c1. The monoisotopic (exact) mass is 440 g/mol. The zero-order valence-corrected chi connectivity index (χ0v) is 18.6. The highest BCUT2D eigenvalue weighted by molar-refractivity contribution is 6.05. The summed E-state index contributed by atoms with van der Waals surface area (Å²) in [5, 5.41) is 10.1. The number of aryl methyl sites for hydroxylation is 2. The number of hydrogen-bond acceptors (Lipinski definition) is 5.